The number of aromatic nitrogens is 3. The third-order valence-corrected chi connectivity index (χ3v) is 8.38. The Morgan fingerprint density at radius 1 is 1.06 bits per heavy atom. The summed E-state index contributed by atoms with van der Waals surface area (Å²) in [5.41, 5.74) is 5.97. The number of hydrogen-bond donors (Lipinski definition) is 1. The van der Waals surface area contributed by atoms with Crippen LogP contribution in [0.3, 0.4) is 0 Å². The second-order valence-corrected chi connectivity index (χ2v) is 11.8. The van der Waals surface area contributed by atoms with Crippen LogP contribution in [-0.4, -0.2) is 54.7 Å². The number of pyridine rings is 1. The maximum absolute atomic E-state index is 13.6. The van der Waals surface area contributed by atoms with Crippen LogP contribution in [0.15, 0.2) is 54.6 Å². The Morgan fingerprint density at radius 3 is 2.36 bits per heavy atom. The van der Waals surface area contributed by atoms with Crippen LogP contribution in [0.2, 0.25) is 0 Å². The Hall–Kier alpha value is -3.72. The summed E-state index contributed by atoms with van der Waals surface area (Å²) in [5.74, 6) is -0.110. The fraction of sp³-hybridized carbons (Fsp3) is 0.296. The third-order valence-electron chi connectivity index (χ3n) is 6.62. The lowest BCUT2D eigenvalue weighted by Crippen LogP contribution is -2.15. The van der Waals surface area contributed by atoms with Crippen molar-refractivity contribution in [3.63, 3.8) is 0 Å². The highest BCUT2D eigenvalue weighted by Gasteiger charge is 2.32. The van der Waals surface area contributed by atoms with Crippen molar-refractivity contribution in [2.24, 2.45) is 0 Å². The highest BCUT2D eigenvalue weighted by Crippen LogP contribution is 2.32. The molecule has 2 aromatic carbocycles. The lowest BCUT2D eigenvalue weighted by Gasteiger charge is -2.14. The third kappa shape index (κ3) is 4.58. The van der Waals surface area contributed by atoms with Crippen LogP contribution in [-0.2, 0) is 9.84 Å². The Balaban J connectivity index is 1.62. The number of rotatable bonds is 5. The number of benzene rings is 2. The Labute approximate surface area is 210 Å². The Bertz CT molecular complexity index is 1560. The summed E-state index contributed by atoms with van der Waals surface area (Å²) in [5, 5.41) is 8.31. The molecule has 186 valence electrons. The number of anilines is 2. The van der Waals surface area contributed by atoms with Gasteiger partial charge in [0.25, 0.3) is 5.91 Å². The molecule has 1 fully saturated rings. The van der Waals surface area contributed by atoms with Gasteiger partial charge in [-0.2, -0.15) is 5.10 Å². The first-order valence-electron chi connectivity index (χ1n) is 11.9. The van der Waals surface area contributed by atoms with Crippen molar-refractivity contribution in [3.8, 4) is 11.3 Å². The van der Waals surface area contributed by atoms with E-state index in [1.165, 1.54) is 0 Å². The molecule has 0 radical (unpaired) electrons. The van der Waals surface area contributed by atoms with Gasteiger partial charge in [0, 0.05) is 31.0 Å². The maximum atomic E-state index is 13.6. The number of amides is 1. The summed E-state index contributed by atoms with van der Waals surface area (Å²) in [4.78, 5) is 20.5. The number of carbonyl (C=O) groups is 1. The maximum Gasteiger partial charge on any atom is 0.256 e. The Morgan fingerprint density at radius 2 is 1.75 bits per heavy atom. The summed E-state index contributed by atoms with van der Waals surface area (Å²) in [6.07, 6.45) is 0.481. The molecule has 1 aliphatic heterocycles. The number of sulfone groups is 1. The second kappa shape index (κ2) is 9.05. The number of hydrogen-bond acceptors (Lipinski definition) is 6. The molecule has 1 atom stereocenters. The van der Waals surface area contributed by atoms with Crippen molar-refractivity contribution in [2.75, 3.05) is 35.8 Å². The van der Waals surface area contributed by atoms with E-state index in [1.807, 2.05) is 81.4 Å². The molecule has 5 rings (SSSR count). The van der Waals surface area contributed by atoms with Gasteiger partial charge in [-0.1, -0.05) is 29.8 Å². The van der Waals surface area contributed by atoms with E-state index in [-0.39, 0.29) is 23.5 Å². The molecule has 1 saturated heterocycles. The first-order chi connectivity index (χ1) is 17.1. The average Bonchev–Trinajstić information content (AvgIpc) is 3.38. The molecule has 0 saturated carbocycles. The molecule has 1 aliphatic rings. The highest BCUT2D eigenvalue weighted by molar-refractivity contribution is 7.91. The molecule has 2 aromatic heterocycles. The number of carbonyl (C=O) groups excluding carboxylic acids is 1. The van der Waals surface area contributed by atoms with Crippen LogP contribution in [0.4, 0.5) is 11.4 Å². The van der Waals surface area contributed by atoms with E-state index in [1.54, 1.807) is 10.7 Å². The van der Waals surface area contributed by atoms with Crippen molar-refractivity contribution >= 4 is 38.2 Å². The van der Waals surface area contributed by atoms with Crippen LogP contribution >= 0.6 is 0 Å². The molecule has 9 heteroatoms. The van der Waals surface area contributed by atoms with E-state index in [9.17, 15) is 13.2 Å². The molecule has 36 heavy (non-hydrogen) atoms. The topological polar surface area (TPSA) is 97.2 Å². The van der Waals surface area contributed by atoms with Crippen molar-refractivity contribution in [3.05, 3.63) is 71.4 Å². The van der Waals surface area contributed by atoms with Gasteiger partial charge in [0.1, 0.15) is 0 Å². The summed E-state index contributed by atoms with van der Waals surface area (Å²) >= 11 is 0. The molecule has 0 bridgehead atoms. The van der Waals surface area contributed by atoms with Gasteiger partial charge >= 0.3 is 0 Å². The van der Waals surface area contributed by atoms with Gasteiger partial charge in [-0.3, -0.25) is 4.79 Å². The first kappa shape index (κ1) is 24.0. The number of nitrogens with one attached hydrogen (secondary N) is 1. The fourth-order valence-electron chi connectivity index (χ4n) is 4.63. The monoisotopic (exact) mass is 503 g/mol. The van der Waals surface area contributed by atoms with Crippen molar-refractivity contribution in [1.29, 1.82) is 0 Å². The largest absolute Gasteiger partial charge is 0.378 e. The van der Waals surface area contributed by atoms with E-state index in [0.717, 1.165) is 16.8 Å². The number of fused-ring (bicyclic) bond motifs is 1. The van der Waals surface area contributed by atoms with Crippen LogP contribution in [0.5, 0.6) is 0 Å². The van der Waals surface area contributed by atoms with Gasteiger partial charge in [-0.15, -0.1) is 0 Å². The lowest BCUT2D eigenvalue weighted by molar-refractivity contribution is 0.102. The van der Waals surface area contributed by atoms with Crippen molar-refractivity contribution < 1.29 is 13.2 Å². The van der Waals surface area contributed by atoms with E-state index in [2.05, 4.69) is 10.4 Å². The summed E-state index contributed by atoms with van der Waals surface area (Å²) in [7, 11) is 0.806. The normalized spacial score (nSPS) is 16.8. The predicted molar refractivity (Wildman–Crippen MR) is 143 cm³/mol. The molecular formula is C27H29N5O3S. The van der Waals surface area contributed by atoms with E-state index < -0.39 is 9.84 Å². The van der Waals surface area contributed by atoms with Gasteiger partial charge in [0.2, 0.25) is 0 Å². The quantitative estimate of drug-likeness (QED) is 0.434. The zero-order valence-electron chi connectivity index (χ0n) is 20.8. The SMILES string of the molecule is Cc1ccc(-c2cc(C(=O)Nc3ccc(N(C)C)cc3)c3c(C)nn(C4CCS(=O)(=O)C4)c3n2)cc1. The first-order valence-corrected chi connectivity index (χ1v) is 13.7. The molecular weight excluding hydrogens is 474 g/mol. The molecule has 1 unspecified atom stereocenters. The van der Waals surface area contributed by atoms with Crippen molar-refractivity contribution in [1.82, 2.24) is 14.8 Å². The molecule has 4 aromatic rings. The number of aryl methyl sites for hydroxylation is 2. The molecule has 1 N–H and O–H groups in total. The highest BCUT2D eigenvalue weighted by atomic mass is 32.2. The lowest BCUT2D eigenvalue weighted by atomic mass is 10.0. The zero-order chi connectivity index (χ0) is 25.6. The molecule has 8 nitrogen and oxygen atoms in total. The van der Waals surface area contributed by atoms with Crippen LogP contribution in [0, 0.1) is 13.8 Å². The van der Waals surface area contributed by atoms with Crippen molar-refractivity contribution in [2.45, 2.75) is 26.3 Å². The van der Waals surface area contributed by atoms with Gasteiger partial charge in [0.15, 0.2) is 15.5 Å². The van der Waals surface area contributed by atoms with E-state index in [0.29, 0.717) is 40.1 Å². The van der Waals surface area contributed by atoms with Gasteiger partial charge < -0.3 is 10.2 Å². The molecule has 0 spiro atoms. The molecule has 0 aliphatic carbocycles. The van der Waals surface area contributed by atoms with E-state index >= 15 is 0 Å². The van der Waals surface area contributed by atoms with Gasteiger partial charge in [0.05, 0.1) is 39.9 Å². The Kier molecular flexibility index (Phi) is 6.04. The van der Waals surface area contributed by atoms with E-state index in [4.69, 9.17) is 4.98 Å². The zero-order valence-corrected chi connectivity index (χ0v) is 21.6. The standard InChI is InChI=1S/C27H29N5O3S/c1-17-5-7-19(8-6-17)24-15-23(27(33)28-20-9-11-21(12-10-20)31(3)4)25-18(2)30-32(26(25)29-24)22-13-14-36(34,35)16-22/h5-12,15,22H,13-14,16H2,1-4H3,(H,28,33). The number of nitrogens with zero attached hydrogens (tertiary/aromatic N) is 4. The molecule has 3 heterocycles. The van der Waals surface area contributed by atoms with Crippen LogP contribution in [0.25, 0.3) is 22.3 Å². The van der Waals surface area contributed by atoms with Gasteiger partial charge in [-0.05, 0) is 50.6 Å². The fourth-order valence-corrected chi connectivity index (χ4v) is 6.32. The average molecular weight is 504 g/mol. The minimum atomic E-state index is -3.12. The summed E-state index contributed by atoms with van der Waals surface area (Å²) < 4.78 is 26.1. The van der Waals surface area contributed by atoms with Crippen LogP contribution in [0.1, 0.15) is 34.1 Å². The van der Waals surface area contributed by atoms with Gasteiger partial charge in [-0.25, -0.2) is 18.1 Å². The van der Waals surface area contributed by atoms with Crippen LogP contribution < -0.4 is 10.2 Å². The minimum absolute atomic E-state index is 0.0272. The second-order valence-electron chi connectivity index (χ2n) is 9.60. The predicted octanol–water partition coefficient (Wildman–Crippen LogP) is 4.39. The smallest absolute Gasteiger partial charge is 0.256 e. The summed E-state index contributed by atoms with van der Waals surface area (Å²) in [6.45, 7) is 3.85. The molecule has 1 amide bonds. The summed E-state index contributed by atoms with van der Waals surface area (Å²) in [6, 6.07) is 17.1. The minimum Gasteiger partial charge on any atom is -0.378 e.